The highest BCUT2D eigenvalue weighted by Gasteiger charge is 2.24. The summed E-state index contributed by atoms with van der Waals surface area (Å²) in [5.41, 5.74) is 1.32. The molecule has 1 saturated heterocycles. The van der Waals surface area contributed by atoms with E-state index >= 15 is 0 Å². The van der Waals surface area contributed by atoms with Gasteiger partial charge in [-0.2, -0.15) is 23.5 Å². The second-order valence-corrected chi connectivity index (χ2v) is 6.43. The highest BCUT2D eigenvalue weighted by Crippen LogP contribution is 2.33. The number of rotatable bonds is 2. The lowest BCUT2D eigenvalue weighted by Gasteiger charge is -2.26. The normalized spacial score (nSPS) is 23.1. The maximum absolute atomic E-state index is 13.4. The molecule has 1 aromatic carbocycles. The number of hydrogen-bond acceptors (Lipinski definition) is 3. The van der Waals surface area contributed by atoms with E-state index in [1.54, 1.807) is 24.8 Å². The molecule has 1 heterocycles. The van der Waals surface area contributed by atoms with Gasteiger partial charge in [-0.25, -0.2) is 4.39 Å². The van der Waals surface area contributed by atoms with Gasteiger partial charge in [0, 0.05) is 22.5 Å². The summed E-state index contributed by atoms with van der Waals surface area (Å²) >= 11 is 3.64. The minimum atomic E-state index is -0.548. The van der Waals surface area contributed by atoms with Crippen LogP contribution in [0, 0.1) is 12.7 Å². The van der Waals surface area contributed by atoms with Crippen LogP contribution >= 0.6 is 23.5 Å². The summed E-state index contributed by atoms with van der Waals surface area (Å²) in [6, 6.07) is 5.01. The Balaban J connectivity index is 2.12. The van der Waals surface area contributed by atoms with Gasteiger partial charge >= 0.3 is 0 Å². The van der Waals surface area contributed by atoms with Crippen molar-refractivity contribution in [1.29, 1.82) is 0 Å². The zero-order valence-electron chi connectivity index (χ0n) is 9.15. The van der Waals surface area contributed by atoms with Crippen LogP contribution in [0.25, 0.3) is 0 Å². The fourth-order valence-electron chi connectivity index (χ4n) is 1.70. The molecule has 2 rings (SSSR count). The van der Waals surface area contributed by atoms with E-state index in [1.165, 1.54) is 6.07 Å². The third kappa shape index (κ3) is 2.73. The predicted octanol–water partition coefficient (Wildman–Crippen LogP) is 3.02. The number of aliphatic hydroxyl groups excluding tert-OH is 1. The summed E-state index contributed by atoms with van der Waals surface area (Å²) in [5, 5.41) is 10.4. The standard InChI is InChI=1S/C12H15FOS2/c1-8-2-3-9(6-10(8)13)12(14)11-7-15-4-5-16-11/h2-3,6,11-12,14H,4-5,7H2,1H3. The molecule has 1 fully saturated rings. The molecule has 1 aliphatic heterocycles. The van der Waals surface area contributed by atoms with Crippen molar-refractivity contribution in [2.24, 2.45) is 0 Å². The van der Waals surface area contributed by atoms with Crippen molar-refractivity contribution >= 4 is 23.5 Å². The average molecular weight is 258 g/mol. The van der Waals surface area contributed by atoms with E-state index in [0.717, 1.165) is 17.3 Å². The maximum atomic E-state index is 13.4. The van der Waals surface area contributed by atoms with Gasteiger partial charge in [-0.05, 0) is 24.1 Å². The van der Waals surface area contributed by atoms with E-state index in [0.29, 0.717) is 11.1 Å². The molecule has 0 aliphatic carbocycles. The Bertz CT molecular complexity index is 364. The molecule has 1 N–H and O–H groups in total. The molecule has 4 heteroatoms. The van der Waals surface area contributed by atoms with E-state index in [1.807, 2.05) is 17.8 Å². The number of aliphatic hydroxyl groups is 1. The average Bonchev–Trinajstić information content (AvgIpc) is 2.33. The van der Waals surface area contributed by atoms with Crippen molar-refractivity contribution in [1.82, 2.24) is 0 Å². The van der Waals surface area contributed by atoms with Crippen molar-refractivity contribution in [3.63, 3.8) is 0 Å². The summed E-state index contributed by atoms with van der Waals surface area (Å²) in [5.74, 6) is 2.93. The second kappa shape index (κ2) is 5.43. The lowest BCUT2D eigenvalue weighted by atomic mass is 10.0. The van der Waals surface area contributed by atoms with Gasteiger partial charge in [-0.1, -0.05) is 12.1 Å². The molecule has 88 valence electrons. The van der Waals surface area contributed by atoms with Gasteiger partial charge in [0.05, 0.1) is 6.10 Å². The van der Waals surface area contributed by atoms with Gasteiger partial charge in [0.15, 0.2) is 0 Å². The predicted molar refractivity (Wildman–Crippen MR) is 69.7 cm³/mol. The van der Waals surface area contributed by atoms with Gasteiger partial charge < -0.3 is 5.11 Å². The summed E-state index contributed by atoms with van der Waals surface area (Å²) in [6.45, 7) is 1.73. The van der Waals surface area contributed by atoms with Crippen molar-refractivity contribution in [2.75, 3.05) is 17.3 Å². The van der Waals surface area contributed by atoms with E-state index < -0.39 is 6.10 Å². The molecule has 2 atom stereocenters. The monoisotopic (exact) mass is 258 g/mol. The van der Waals surface area contributed by atoms with Crippen LogP contribution in [0.2, 0.25) is 0 Å². The maximum Gasteiger partial charge on any atom is 0.126 e. The summed E-state index contributed by atoms with van der Waals surface area (Å²) in [6.07, 6.45) is -0.548. The highest BCUT2D eigenvalue weighted by molar-refractivity contribution is 8.06. The minimum absolute atomic E-state index is 0.195. The molecule has 1 nitrogen and oxygen atoms in total. The summed E-state index contributed by atoms with van der Waals surface area (Å²) < 4.78 is 13.4. The molecule has 0 aromatic heterocycles. The lowest BCUT2D eigenvalue weighted by molar-refractivity contribution is 0.180. The number of benzene rings is 1. The second-order valence-electron chi connectivity index (χ2n) is 3.94. The highest BCUT2D eigenvalue weighted by atomic mass is 32.2. The Labute approximate surface area is 104 Å². The van der Waals surface area contributed by atoms with E-state index in [9.17, 15) is 9.50 Å². The lowest BCUT2D eigenvalue weighted by Crippen LogP contribution is -2.22. The first-order valence-electron chi connectivity index (χ1n) is 5.32. The molecule has 0 saturated carbocycles. The molecule has 0 radical (unpaired) electrons. The van der Waals surface area contributed by atoms with Crippen LogP contribution in [0.4, 0.5) is 4.39 Å². The van der Waals surface area contributed by atoms with Gasteiger partial charge in [0.1, 0.15) is 5.82 Å². The van der Waals surface area contributed by atoms with E-state index in [2.05, 4.69) is 0 Å². The minimum Gasteiger partial charge on any atom is -0.387 e. The summed E-state index contributed by atoms with van der Waals surface area (Å²) in [7, 11) is 0. The Hall–Kier alpha value is -0.190. The molecule has 0 bridgehead atoms. The van der Waals surface area contributed by atoms with Crippen LogP contribution < -0.4 is 0 Å². The third-order valence-corrected chi connectivity index (χ3v) is 5.58. The van der Waals surface area contributed by atoms with Gasteiger partial charge in [0.25, 0.3) is 0 Å². The number of hydrogen-bond donors (Lipinski definition) is 1. The van der Waals surface area contributed by atoms with Crippen LogP contribution in [0.1, 0.15) is 17.2 Å². The first kappa shape index (κ1) is 12.3. The zero-order chi connectivity index (χ0) is 11.5. The Morgan fingerprint density at radius 1 is 1.44 bits per heavy atom. The Morgan fingerprint density at radius 2 is 2.25 bits per heavy atom. The molecule has 0 amide bonds. The summed E-state index contributed by atoms with van der Waals surface area (Å²) in [4.78, 5) is 0. The smallest absolute Gasteiger partial charge is 0.126 e. The molecule has 0 spiro atoms. The first-order chi connectivity index (χ1) is 7.68. The van der Waals surface area contributed by atoms with Gasteiger partial charge in [-0.3, -0.25) is 0 Å². The largest absolute Gasteiger partial charge is 0.387 e. The first-order valence-corrected chi connectivity index (χ1v) is 7.52. The molecular formula is C12H15FOS2. The molecule has 2 unspecified atom stereocenters. The zero-order valence-corrected chi connectivity index (χ0v) is 10.8. The van der Waals surface area contributed by atoms with Crippen molar-refractivity contribution < 1.29 is 9.50 Å². The quantitative estimate of drug-likeness (QED) is 0.880. The van der Waals surface area contributed by atoms with Crippen LogP contribution in [0.3, 0.4) is 0 Å². The van der Waals surface area contributed by atoms with Crippen LogP contribution in [-0.2, 0) is 0 Å². The molecular weight excluding hydrogens is 243 g/mol. The SMILES string of the molecule is Cc1ccc(C(O)C2CSCCS2)cc1F. The molecule has 16 heavy (non-hydrogen) atoms. The fraction of sp³-hybridized carbons (Fsp3) is 0.500. The number of thioether (sulfide) groups is 2. The van der Waals surface area contributed by atoms with Gasteiger partial charge in [-0.15, -0.1) is 0 Å². The molecule has 1 aliphatic rings. The topological polar surface area (TPSA) is 20.2 Å². The fourth-order valence-corrected chi connectivity index (χ4v) is 4.45. The Kier molecular flexibility index (Phi) is 4.16. The Morgan fingerprint density at radius 3 is 2.88 bits per heavy atom. The molecule has 1 aromatic rings. The number of halogens is 1. The van der Waals surface area contributed by atoms with Crippen molar-refractivity contribution in [2.45, 2.75) is 18.3 Å². The van der Waals surface area contributed by atoms with Gasteiger partial charge in [0.2, 0.25) is 0 Å². The van der Waals surface area contributed by atoms with Crippen LogP contribution in [-0.4, -0.2) is 27.6 Å². The van der Waals surface area contributed by atoms with Crippen LogP contribution in [0.5, 0.6) is 0 Å². The van der Waals surface area contributed by atoms with E-state index in [-0.39, 0.29) is 11.1 Å². The van der Waals surface area contributed by atoms with E-state index in [4.69, 9.17) is 0 Å². The van der Waals surface area contributed by atoms with Crippen molar-refractivity contribution in [3.8, 4) is 0 Å². The number of aryl methyl sites for hydroxylation is 1. The van der Waals surface area contributed by atoms with Crippen LogP contribution in [0.15, 0.2) is 18.2 Å². The third-order valence-electron chi connectivity index (χ3n) is 2.73. The van der Waals surface area contributed by atoms with Crippen molar-refractivity contribution in [3.05, 3.63) is 35.1 Å².